The van der Waals surface area contributed by atoms with Gasteiger partial charge < -0.3 is 4.74 Å². The zero-order valence-electron chi connectivity index (χ0n) is 14.6. The van der Waals surface area contributed by atoms with Gasteiger partial charge in [0.25, 0.3) is 5.91 Å². The minimum Gasteiger partial charge on any atom is -0.497 e. The van der Waals surface area contributed by atoms with Crippen LogP contribution in [0.4, 0.5) is 10.1 Å². The number of carbonyl (C=O) groups is 1. The molecule has 0 aliphatic carbocycles. The molecule has 140 valence electrons. The lowest BCUT2D eigenvalue weighted by Crippen LogP contribution is -2.27. The molecule has 28 heavy (non-hydrogen) atoms. The summed E-state index contributed by atoms with van der Waals surface area (Å²) < 4.78 is 18.8. The van der Waals surface area contributed by atoms with Crippen molar-refractivity contribution in [2.24, 2.45) is 0 Å². The predicted octanol–water partition coefficient (Wildman–Crippen LogP) is 5.36. The first-order valence-electron chi connectivity index (χ1n) is 8.18. The second-order valence-electron chi connectivity index (χ2n) is 5.80. The van der Waals surface area contributed by atoms with Crippen molar-refractivity contribution in [1.29, 1.82) is 0 Å². The number of methoxy groups -OCH3 is 1. The van der Waals surface area contributed by atoms with Gasteiger partial charge >= 0.3 is 0 Å². The van der Waals surface area contributed by atoms with Crippen molar-refractivity contribution in [2.45, 2.75) is 0 Å². The van der Waals surface area contributed by atoms with E-state index in [0.29, 0.717) is 20.6 Å². The lowest BCUT2D eigenvalue weighted by molar-refractivity contribution is -0.113. The van der Waals surface area contributed by atoms with Crippen LogP contribution in [0.15, 0.2) is 58.8 Å². The molecule has 4 rings (SSSR count). The van der Waals surface area contributed by atoms with E-state index >= 15 is 0 Å². The van der Waals surface area contributed by atoms with E-state index in [1.807, 2.05) is 29.6 Å². The summed E-state index contributed by atoms with van der Waals surface area (Å²) in [6, 6.07) is 13.3. The molecule has 0 saturated carbocycles. The van der Waals surface area contributed by atoms with Crippen LogP contribution >= 0.6 is 35.3 Å². The van der Waals surface area contributed by atoms with Gasteiger partial charge in [0.2, 0.25) is 0 Å². The van der Waals surface area contributed by atoms with E-state index in [1.54, 1.807) is 13.2 Å². The number of thiocarbonyl (C=S) groups is 1. The molecule has 1 fully saturated rings. The molecule has 0 spiro atoms. The number of anilines is 1. The normalized spacial score (nSPS) is 15.5. The van der Waals surface area contributed by atoms with E-state index in [2.05, 4.69) is 4.98 Å². The summed E-state index contributed by atoms with van der Waals surface area (Å²) in [7, 11) is 1.62. The van der Waals surface area contributed by atoms with Gasteiger partial charge in [-0.25, -0.2) is 9.37 Å². The van der Waals surface area contributed by atoms with Gasteiger partial charge in [-0.1, -0.05) is 36.1 Å². The van der Waals surface area contributed by atoms with Gasteiger partial charge in [0.05, 0.1) is 23.4 Å². The Morgan fingerprint density at radius 1 is 1.21 bits per heavy atom. The number of hydrogen-bond donors (Lipinski definition) is 0. The van der Waals surface area contributed by atoms with E-state index in [4.69, 9.17) is 17.0 Å². The van der Waals surface area contributed by atoms with E-state index < -0.39 is 0 Å². The van der Waals surface area contributed by atoms with Gasteiger partial charge in [-0.05, 0) is 42.5 Å². The maximum Gasteiger partial charge on any atom is 0.270 e. The third kappa shape index (κ3) is 3.71. The number of thiazole rings is 1. The molecule has 0 N–H and O–H groups in total. The fourth-order valence-corrected chi connectivity index (χ4v) is 4.71. The Balaban J connectivity index is 1.59. The van der Waals surface area contributed by atoms with Crippen molar-refractivity contribution in [1.82, 2.24) is 4.98 Å². The van der Waals surface area contributed by atoms with Gasteiger partial charge in [-0.15, -0.1) is 11.3 Å². The molecular weight excluding hydrogens is 415 g/mol. The minimum atomic E-state index is -0.364. The largest absolute Gasteiger partial charge is 0.497 e. The van der Waals surface area contributed by atoms with Crippen LogP contribution in [0.1, 0.15) is 5.69 Å². The van der Waals surface area contributed by atoms with Crippen molar-refractivity contribution >= 4 is 57.3 Å². The summed E-state index contributed by atoms with van der Waals surface area (Å²) in [5.41, 5.74) is 2.17. The summed E-state index contributed by atoms with van der Waals surface area (Å²) >= 11 is 8.03. The zero-order chi connectivity index (χ0) is 19.7. The average Bonchev–Trinajstić information content (AvgIpc) is 3.28. The predicted molar refractivity (Wildman–Crippen MR) is 116 cm³/mol. The summed E-state index contributed by atoms with van der Waals surface area (Å²) in [4.78, 5) is 19.3. The third-order valence-electron chi connectivity index (χ3n) is 4.00. The van der Waals surface area contributed by atoms with Crippen LogP contribution in [0.25, 0.3) is 16.6 Å². The molecule has 8 heteroatoms. The number of carbonyl (C=O) groups excluding carboxylic acids is 1. The van der Waals surface area contributed by atoms with Crippen LogP contribution in [0.3, 0.4) is 0 Å². The van der Waals surface area contributed by atoms with Crippen molar-refractivity contribution in [3.63, 3.8) is 0 Å². The van der Waals surface area contributed by atoms with Crippen molar-refractivity contribution in [2.75, 3.05) is 12.0 Å². The highest BCUT2D eigenvalue weighted by atomic mass is 32.2. The number of aromatic nitrogens is 1. The number of nitrogens with zero attached hydrogens (tertiary/aromatic N) is 2. The summed E-state index contributed by atoms with van der Waals surface area (Å²) in [6.07, 6.45) is 1.73. The molecule has 0 unspecified atom stereocenters. The summed E-state index contributed by atoms with van der Waals surface area (Å²) in [5.74, 6) is 0.157. The molecule has 1 aliphatic heterocycles. The molecule has 1 amide bonds. The molecule has 4 nitrogen and oxygen atoms in total. The molecule has 1 saturated heterocycles. The van der Waals surface area contributed by atoms with Gasteiger partial charge in [0.1, 0.15) is 16.6 Å². The number of ether oxygens (including phenoxy) is 1. The molecule has 3 aromatic rings. The van der Waals surface area contributed by atoms with E-state index in [-0.39, 0.29) is 11.7 Å². The Kier molecular flexibility index (Phi) is 5.25. The fraction of sp³-hybridized carbons (Fsp3) is 0.0500. The first kappa shape index (κ1) is 18.8. The Morgan fingerprint density at radius 2 is 2.00 bits per heavy atom. The number of rotatable bonds is 4. The molecule has 0 bridgehead atoms. The SMILES string of the molecule is COc1cccc(-c2nc(/C=C3\SC(=S)N(c4ccc(F)cc4)C3=O)cs2)c1. The Bertz CT molecular complexity index is 1090. The highest BCUT2D eigenvalue weighted by Crippen LogP contribution is 2.36. The molecule has 0 atom stereocenters. The number of halogens is 1. The minimum absolute atomic E-state index is 0.238. The lowest BCUT2D eigenvalue weighted by atomic mass is 10.2. The van der Waals surface area contributed by atoms with Crippen LogP contribution in [-0.2, 0) is 4.79 Å². The van der Waals surface area contributed by atoms with Crippen LogP contribution < -0.4 is 9.64 Å². The average molecular weight is 429 g/mol. The monoisotopic (exact) mass is 428 g/mol. The number of amides is 1. The second kappa shape index (κ2) is 7.83. The standard InChI is InChI=1S/C20H13FN2O2S3/c1-25-16-4-2-3-12(9-16)18-22-14(11-27-18)10-17-19(24)23(20(26)28-17)15-7-5-13(21)6-8-15/h2-11H,1H3/b17-10-. The van der Waals surface area contributed by atoms with Crippen molar-refractivity contribution in [3.8, 4) is 16.3 Å². The van der Waals surface area contributed by atoms with Crippen LogP contribution in [-0.4, -0.2) is 22.3 Å². The maximum atomic E-state index is 13.2. The smallest absolute Gasteiger partial charge is 0.270 e. The molecule has 1 aliphatic rings. The Hall–Kier alpha value is -2.55. The first-order chi connectivity index (χ1) is 13.5. The van der Waals surface area contributed by atoms with Gasteiger partial charge in [0, 0.05) is 10.9 Å². The summed E-state index contributed by atoms with van der Waals surface area (Å²) in [5, 5.41) is 2.72. The van der Waals surface area contributed by atoms with E-state index in [9.17, 15) is 9.18 Å². The van der Waals surface area contributed by atoms with Crippen LogP contribution in [0.5, 0.6) is 5.75 Å². The van der Waals surface area contributed by atoms with Crippen LogP contribution in [0.2, 0.25) is 0 Å². The number of benzene rings is 2. The van der Waals surface area contributed by atoms with Gasteiger partial charge in [-0.3, -0.25) is 9.69 Å². The Morgan fingerprint density at radius 3 is 2.75 bits per heavy atom. The lowest BCUT2D eigenvalue weighted by Gasteiger charge is -2.14. The van der Waals surface area contributed by atoms with E-state index in [1.165, 1.54) is 52.3 Å². The van der Waals surface area contributed by atoms with Gasteiger partial charge in [0.15, 0.2) is 4.32 Å². The molecule has 1 aromatic heterocycles. The summed E-state index contributed by atoms with van der Waals surface area (Å²) in [6.45, 7) is 0. The van der Waals surface area contributed by atoms with Crippen LogP contribution in [0, 0.1) is 5.82 Å². The first-order valence-corrected chi connectivity index (χ1v) is 10.3. The molecular formula is C20H13FN2O2S3. The molecule has 0 radical (unpaired) electrons. The van der Waals surface area contributed by atoms with Gasteiger partial charge in [-0.2, -0.15) is 0 Å². The highest BCUT2D eigenvalue weighted by molar-refractivity contribution is 8.27. The number of thioether (sulfide) groups is 1. The topological polar surface area (TPSA) is 42.4 Å². The second-order valence-corrected chi connectivity index (χ2v) is 8.34. The fourth-order valence-electron chi connectivity index (χ4n) is 2.66. The zero-order valence-corrected chi connectivity index (χ0v) is 17.0. The van der Waals surface area contributed by atoms with Crippen molar-refractivity contribution in [3.05, 3.63) is 70.3 Å². The number of hydrogen-bond acceptors (Lipinski definition) is 6. The maximum absolute atomic E-state index is 13.2. The Labute approximate surface area is 174 Å². The quantitative estimate of drug-likeness (QED) is 0.413. The molecule has 2 heterocycles. The molecule has 2 aromatic carbocycles. The highest BCUT2D eigenvalue weighted by Gasteiger charge is 2.33. The third-order valence-corrected chi connectivity index (χ3v) is 6.21. The van der Waals surface area contributed by atoms with Crippen molar-refractivity contribution < 1.29 is 13.9 Å². The van der Waals surface area contributed by atoms with E-state index in [0.717, 1.165) is 16.3 Å².